The van der Waals surface area contributed by atoms with Crippen LogP contribution in [-0.4, -0.2) is 42.3 Å². The van der Waals surface area contributed by atoms with Crippen LogP contribution >= 0.6 is 11.6 Å². The van der Waals surface area contributed by atoms with E-state index in [0.29, 0.717) is 0 Å². The summed E-state index contributed by atoms with van der Waals surface area (Å²) in [7, 11) is 2.13. The quantitative estimate of drug-likeness (QED) is 0.885. The molecule has 0 aromatic heterocycles. The van der Waals surface area contributed by atoms with Crippen LogP contribution in [0, 0.1) is 0 Å². The number of rotatable bonds is 3. The standard InChI is InChI=1S/C14H21ClN2O/c1-17-8-3-6-14(11-18,7-9-17)16-13-5-2-4-12(15)10-13/h2,4-5,10,16,18H,3,6-9,11H2,1H3. The molecule has 0 bridgehead atoms. The number of aliphatic hydroxyl groups is 1. The van der Waals surface area contributed by atoms with Crippen molar-refractivity contribution in [2.24, 2.45) is 0 Å². The number of nitrogens with zero attached hydrogens (tertiary/aromatic N) is 1. The zero-order valence-corrected chi connectivity index (χ0v) is 11.6. The van der Waals surface area contributed by atoms with Crippen molar-refractivity contribution in [3.8, 4) is 0 Å². The predicted octanol–water partition coefficient (Wildman–Crippen LogP) is 2.60. The van der Waals surface area contributed by atoms with Gasteiger partial charge in [-0.2, -0.15) is 0 Å². The van der Waals surface area contributed by atoms with E-state index in [1.54, 1.807) is 0 Å². The lowest BCUT2D eigenvalue weighted by molar-refractivity contribution is 0.195. The van der Waals surface area contributed by atoms with Crippen molar-refractivity contribution in [1.82, 2.24) is 4.90 Å². The molecule has 4 heteroatoms. The fourth-order valence-corrected chi connectivity index (χ4v) is 2.71. The van der Waals surface area contributed by atoms with Gasteiger partial charge in [-0.05, 0) is 51.1 Å². The molecular formula is C14H21ClN2O. The molecule has 1 saturated heterocycles. The maximum Gasteiger partial charge on any atom is 0.0662 e. The van der Waals surface area contributed by atoms with Gasteiger partial charge in [0.1, 0.15) is 0 Å². The number of hydrogen-bond acceptors (Lipinski definition) is 3. The van der Waals surface area contributed by atoms with Crippen LogP contribution in [0.3, 0.4) is 0 Å². The van der Waals surface area contributed by atoms with E-state index in [0.717, 1.165) is 43.1 Å². The van der Waals surface area contributed by atoms with Gasteiger partial charge >= 0.3 is 0 Å². The van der Waals surface area contributed by atoms with E-state index in [2.05, 4.69) is 17.3 Å². The topological polar surface area (TPSA) is 35.5 Å². The fraction of sp³-hybridized carbons (Fsp3) is 0.571. The van der Waals surface area contributed by atoms with E-state index >= 15 is 0 Å². The largest absolute Gasteiger partial charge is 0.394 e. The maximum atomic E-state index is 9.77. The molecule has 0 aliphatic carbocycles. The zero-order valence-electron chi connectivity index (χ0n) is 10.8. The van der Waals surface area contributed by atoms with Gasteiger partial charge in [0.25, 0.3) is 0 Å². The molecule has 0 amide bonds. The highest BCUT2D eigenvalue weighted by atomic mass is 35.5. The van der Waals surface area contributed by atoms with Gasteiger partial charge in [-0.3, -0.25) is 0 Å². The van der Waals surface area contributed by atoms with Crippen molar-refractivity contribution in [1.29, 1.82) is 0 Å². The van der Waals surface area contributed by atoms with Gasteiger partial charge in [0.15, 0.2) is 0 Å². The monoisotopic (exact) mass is 268 g/mol. The SMILES string of the molecule is CN1CCCC(CO)(Nc2cccc(Cl)c2)CC1. The summed E-state index contributed by atoms with van der Waals surface area (Å²) in [5.74, 6) is 0. The van der Waals surface area contributed by atoms with Gasteiger partial charge < -0.3 is 15.3 Å². The minimum atomic E-state index is -0.213. The van der Waals surface area contributed by atoms with E-state index in [-0.39, 0.29) is 12.1 Å². The van der Waals surface area contributed by atoms with E-state index in [9.17, 15) is 5.11 Å². The van der Waals surface area contributed by atoms with Crippen molar-refractivity contribution in [2.75, 3.05) is 32.1 Å². The first-order valence-corrected chi connectivity index (χ1v) is 6.84. The molecule has 1 atom stereocenters. The molecule has 3 nitrogen and oxygen atoms in total. The summed E-state index contributed by atoms with van der Waals surface area (Å²) in [6.45, 7) is 2.26. The Bertz CT molecular complexity index is 399. The lowest BCUT2D eigenvalue weighted by atomic mass is 9.91. The highest BCUT2D eigenvalue weighted by Crippen LogP contribution is 2.27. The second-order valence-electron chi connectivity index (χ2n) is 5.23. The maximum absolute atomic E-state index is 9.77. The molecule has 1 aromatic rings. The van der Waals surface area contributed by atoms with Gasteiger partial charge in [-0.25, -0.2) is 0 Å². The molecule has 1 aliphatic rings. The van der Waals surface area contributed by atoms with Crippen molar-refractivity contribution in [3.63, 3.8) is 0 Å². The summed E-state index contributed by atoms with van der Waals surface area (Å²) in [6, 6.07) is 7.70. The van der Waals surface area contributed by atoms with Gasteiger partial charge in [0.05, 0.1) is 12.1 Å². The third kappa shape index (κ3) is 3.37. The molecule has 1 aromatic carbocycles. The first-order chi connectivity index (χ1) is 8.63. The Balaban J connectivity index is 2.12. The van der Waals surface area contributed by atoms with Crippen LogP contribution < -0.4 is 5.32 Å². The van der Waals surface area contributed by atoms with Crippen molar-refractivity contribution < 1.29 is 5.11 Å². The Labute approximate surface area is 114 Å². The summed E-state index contributed by atoms with van der Waals surface area (Å²) in [5.41, 5.74) is 0.774. The molecule has 2 rings (SSSR count). The first-order valence-electron chi connectivity index (χ1n) is 6.47. The van der Waals surface area contributed by atoms with E-state index in [4.69, 9.17) is 11.6 Å². The first kappa shape index (κ1) is 13.7. The Hall–Kier alpha value is -0.770. The van der Waals surface area contributed by atoms with Crippen molar-refractivity contribution in [2.45, 2.75) is 24.8 Å². The minimum Gasteiger partial charge on any atom is -0.394 e. The lowest BCUT2D eigenvalue weighted by Crippen LogP contribution is -2.42. The summed E-state index contributed by atoms with van der Waals surface area (Å²) >= 11 is 6.00. The lowest BCUT2D eigenvalue weighted by Gasteiger charge is -2.33. The smallest absolute Gasteiger partial charge is 0.0662 e. The Morgan fingerprint density at radius 3 is 2.94 bits per heavy atom. The van der Waals surface area contributed by atoms with Crippen LogP contribution in [0.1, 0.15) is 19.3 Å². The Morgan fingerprint density at radius 2 is 2.22 bits per heavy atom. The highest BCUT2D eigenvalue weighted by molar-refractivity contribution is 6.30. The molecule has 0 spiro atoms. The second kappa shape index (κ2) is 5.91. The summed E-state index contributed by atoms with van der Waals surface area (Å²) in [5, 5.41) is 14.0. The van der Waals surface area contributed by atoms with Crippen LogP contribution in [0.25, 0.3) is 0 Å². The zero-order chi connectivity index (χ0) is 13.0. The molecule has 0 radical (unpaired) electrons. The third-order valence-electron chi connectivity index (χ3n) is 3.70. The molecule has 100 valence electrons. The second-order valence-corrected chi connectivity index (χ2v) is 5.67. The van der Waals surface area contributed by atoms with Crippen molar-refractivity contribution >= 4 is 17.3 Å². The molecule has 1 aliphatic heterocycles. The number of aliphatic hydroxyl groups excluding tert-OH is 1. The number of anilines is 1. The van der Waals surface area contributed by atoms with Crippen LogP contribution in [0.15, 0.2) is 24.3 Å². The van der Waals surface area contributed by atoms with Gasteiger partial charge in [0.2, 0.25) is 0 Å². The molecule has 2 N–H and O–H groups in total. The number of hydrogen-bond donors (Lipinski definition) is 2. The fourth-order valence-electron chi connectivity index (χ4n) is 2.52. The van der Waals surface area contributed by atoms with Gasteiger partial charge in [-0.1, -0.05) is 17.7 Å². The summed E-state index contributed by atoms with van der Waals surface area (Å²) < 4.78 is 0. The highest BCUT2D eigenvalue weighted by Gasteiger charge is 2.31. The van der Waals surface area contributed by atoms with Gasteiger partial charge in [0, 0.05) is 17.3 Å². The Morgan fingerprint density at radius 1 is 1.39 bits per heavy atom. The molecule has 18 heavy (non-hydrogen) atoms. The van der Waals surface area contributed by atoms with Crippen LogP contribution in [-0.2, 0) is 0 Å². The minimum absolute atomic E-state index is 0.160. The van der Waals surface area contributed by atoms with Gasteiger partial charge in [-0.15, -0.1) is 0 Å². The Kier molecular flexibility index (Phi) is 4.49. The summed E-state index contributed by atoms with van der Waals surface area (Å²) in [4.78, 5) is 2.32. The number of likely N-dealkylation sites (tertiary alicyclic amines) is 1. The van der Waals surface area contributed by atoms with Crippen LogP contribution in [0.5, 0.6) is 0 Å². The van der Waals surface area contributed by atoms with Crippen molar-refractivity contribution in [3.05, 3.63) is 29.3 Å². The molecular weight excluding hydrogens is 248 g/mol. The van der Waals surface area contributed by atoms with E-state index in [1.807, 2.05) is 24.3 Å². The van der Waals surface area contributed by atoms with E-state index in [1.165, 1.54) is 0 Å². The normalized spacial score (nSPS) is 25.7. The average molecular weight is 269 g/mol. The average Bonchev–Trinajstić information content (AvgIpc) is 2.53. The molecule has 0 saturated carbocycles. The number of halogens is 1. The summed E-state index contributed by atoms with van der Waals surface area (Å²) in [6.07, 6.45) is 3.04. The molecule has 1 heterocycles. The van der Waals surface area contributed by atoms with E-state index < -0.39 is 0 Å². The van der Waals surface area contributed by atoms with Crippen LogP contribution in [0.4, 0.5) is 5.69 Å². The molecule has 1 unspecified atom stereocenters. The number of benzene rings is 1. The predicted molar refractivity (Wildman–Crippen MR) is 76.2 cm³/mol. The van der Waals surface area contributed by atoms with Crippen LogP contribution in [0.2, 0.25) is 5.02 Å². The third-order valence-corrected chi connectivity index (χ3v) is 3.94. The number of nitrogens with one attached hydrogen (secondary N) is 1. The molecule has 1 fully saturated rings.